The number of hydrogen-bond donors (Lipinski definition) is 0. The van der Waals surface area contributed by atoms with Gasteiger partial charge in [0, 0.05) is 17.5 Å². The number of rotatable bonds is 3. The maximum Gasteiger partial charge on any atom is 0.201 e. The first-order valence-electron chi connectivity index (χ1n) is 6.49. The van der Waals surface area contributed by atoms with E-state index >= 15 is 0 Å². The van der Waals surface area contributed by atoms with E-state index in [-0.39, 0.29) is 5.56 Å². The molecular weight excluding hydrogens is 324 g/mol. The first-order chi connectivity index (χ1) is 10.6. The van der Waals surface area contributed by atoms with Gasteiger partial charge in [-0.25, -0.2) is 8.78 Å². The van der Waals surface area contributed by atoms with Crippen LogP contribution < -0.4 is 0 Å². The topological polar surface area (TPSA) is 30.0 Å². The SMILES string of the molecule is Cc1ccc(F)c(C(=O)C(=C2SCS2)c2ccncc2)c1F. The van der Waals surface area contributed by atoms with Gasteiger partial charge >= 0.3 is 0 Å². The Morgan fingerprint density at radius 3 is 2.41 bits per heavy atom. The number of allylic oxidation sites excluding steroid dienone is 1. The van der Waals surface area contributed by atoms with Gasteiger partial charge in [-0.3, -0.25) is 9.78 Å². The van der Waals surface area contributed by atoms with Gasteiger partial charge in [-0.05, 0) is 36.2 Å². The quantitative estimate of drug-likeness (QED) is 0.603. The third-order valence-corrected chi connectivity index (χ3v) is 5.87. The smallest absolute Gasteiger partial charge is 0.201 e. The zero-order valence-corrected chi connectivity index (χ0v) is 13.2. The second-order valence-electron chi connectivity index (χ2n) is 4.69. The van der Waals surface area contributed by atoms with Crippen molar-refractivity contribution in [1.29, 1.82) is 0 Å². The Morgan fingerprint density at radius 1 is 1.14 bits per heavy atom. The summed E-state index contributed by atoms with van der Waals surface area (Å²) in [6.07, 6.45) is 3.11. The van der Waals surface area contributed by atoms with Gasteiger partial charge < -0.3 is 0 Å². The summed E-state index contributed by atoms with van der Waals surface area (Å²) in [4.78, 5) is 16.7. The van der Waals surface area contributed by atoms with Crippen molar-refractivity contribution >= 4 is 34.9 Å². The Hall–Kier alpha value is -1.66. The number of hydrogen-bond acceptors (Lipinski definition) is 4. The number of thioether (sulfide) groups is 2. The van der Waals surface area contributed by atoms with E-state index in [1.54, 1.807) is 24.5 Å². The molecule has 1 aliphatic rings. The zero-order valence-electron chi connectivity index (χ0n) is 11.6. The van der Waals surface area contributed by atoms with Crippen LogP contribution in [0, 0.1) is 18.6 Å². The van der Waals surface area contributed by atoms with Gasteiger partial charge in [-0.2, -0.15) is 0 Å². The number of halogens is 2. The number of ketones is 1. The van der Waals surface area contributed by atoms with Crippen LogP contribution >= 0.6 is 23.5 Å². The summed E-state index contributed by atoms with van der Waals surface area (Å²) in [5.41, 5.74) is 0.715. The molecule has 3 rings (SSSR count). The van der Waals surface area contributed by atoms with E-state index in [2.05, 4.69) is 4.98 Å². The van der Waals surface area contributed by atoms with Crippen LogP contribution in [-0.2, 0) is 0 Å². The van der Waals surface area contributed by atoms with Gasteiger partial charge in [0.05, 0.1) is 15.4 Å². The van der Waals surface area contributed by atoms with E-state index in [1.165, 1.54) is 36.5 Å². The molecule has 0 aliphatic carbocycles. The second kappa shape index (κ2) is 6.22. The molecule has 0 unspecified atom stereocenters. The monoisotopic (exact) mass is 335 g/mol. The normalized spacial score (nSPS) is 13.7. The summed E-state index contributed by atoms with van der Waals surface area (Å²) in [5.74, 6) is -2.26. The second-order valence-corrected chi connectivity index (χ2v) is 7.28. The molecule has 22 heavy (non-hydrogen) atoms. The molecule has 0 N–H and O–H groups in total. The number of pyridine rings is 1. The number of nitrogens with zero attached hydrogens (tertiary/aromatic N) is 1. The fourth-order valence-corrected chi connectivity index (χ4v) is 3.76. The first kappa shape index (κ1) is 15.2. The molecule has 0 radical (unpaired) electrons. The Balaban J connectivity index is 2.15. The molecule has 2 heterocycles. The van der Waals surface area contributed by atoms with Gasteiger partial charge in [0.1, 0.15) is 11.6 Å². The molecule has 2 aromatic rings. The van der Waals surface area contributed by atoms with E-state index in [1.807, 2.05) is 0 Å². The lowest BCUT2D eigenvalue weighted by Crippen LogP contribution is -2.12. The van der Waals surface area contributed by atoms with E-state index in [4.69, 9.17) is 0 Å². The fourth-order valence-electron chi connectivity index (χ4n) is 2.11. The molecule has 1 aromatic carbocycles. The highest BCUT2D eigenvalue weighted by Gasteiger charge is 2.28. The largest absolute Gasteiger partial charge is 0.288 e. The van der Waals surface area contributed by atoms with Gasteiger partial charge in [0.2, 0.25) is 5.78 Å². The van der Waals surface area contributed by atoms with Crippen molar-refractivity contribution in [2.75, 3.05) is 5.08 Å². The van der Waals surface area contributed by atoms with Crippen LogP contribution in [0.2, 0.25) is 0 Å². The minimum atomic E-state index is -0.838. The zero-order chi connectivity index (χ0) is 15.7. The van der Waals surface area contributed by atoms with Crippen LogP contribution in [0.3, 0.4) is 0 Å². The van der Waals surface area contributed by atoms with Crippen molar-refractivity contribution in [3.8, 4) is 0 Å². The molecule has 0 saturated carbocycles. The Morgan fingerprint density at radius 2 is 1.82 bits per heavy atom. The minimum Gasteiger partial charge on any atom is -0.288 e. The van der Waals surface area contributed by atoms with Crippen LogP contribution in [0.5, 0.6) is 0 Å². The number of carbonyl (C=O) groups is 1. The third kappa shape index (κ3) is 2.68. The molecule has 0 bridgehead atoms. The van der Waals surface area contributed by atoms with E-state index in [0.717, 1.165) is 15.4 Å². The molecule has 2 nitrogen and oxygen atoms in total. The molecule has 112 valence electrons. The average molecular weight is 335 g/mol. The lowest BCUT2D eigenvalue weighted by Gasteiger charge is -2.20. The Labute approximate surface area is 135 Å². The molecule has 1 saturated heterocycles. The summed E-state index contributed by atoms with van der Waals surface area (Å²) < 4.78 is 29.1. The predicted octanol–water partition coefficient (Wildman–Crippen LogP) is 4.66. The lowest BCUT2D eigenvalue weighted by atomic mass is 9.96. The fraction of sp³-hybridized carbons (Fsp3) is 0.125. The van der Waals surface area contributed by atoms with E-state index in [9.17, 15) is 13.6 Å². The van der Waals surface area contributed by atoms with Gasteiger partial charge in [0.15, 0.2) is 0 Å². The van der Waals surface area contributed by atoms with Gasteiger partial charge in [0.25, 0.3) is 0 Å². The molecule has 1 aromatic heterocycles. The summed E-state index contributed by atoms with van der Waals surface area (Å²) in [7, 11) is 0. The maximum atomic E-state index is 14.3. The van der Waals surface area contributed by atoms with Crippen molar-refractivity contribution in [2.24, 2.45) is 0 Å². The summed E-state index contributed by atoms with van der Waals surface area (Å²) >= 11 is 3.01. The van der Waals surface area contributed by atoms with Crippen molar-refractivity contribution in [2.45, 2.75) is 6.92 Å². The Kier molecular flexibility index (Phi) is 4.31. The minimum absolute atomic E-state index is 0.248. The van der Waals surface area contributed by atoms with Crippen LogP contribution in [0.1, 0.15) is 21.5 Å². The highest BCUT2D eigenvalue weighted by molar-refractivity contribution is 8.37. The highest BCUT2D eigenvalue weighted by atomic mass is 32.3. The summed E-state index contributed by atoms with van der Waals surface area (Å²) in [6, 6.07) is 5.80. The van der Waals surface area contributed by atoms with Crippen LogP contribution in [-0.4, -0.2) is 15.9 Å². The number of benzene rings is 1. The molecule has 0 amide bonds. The number of aromatic nitrogens is 1. The van der Waals surface area contributed by atoms with Crippen molar-refractivity contribution in [1.82, 2.24) is 4.98 Å². The van der Waals surface area contributed by atoms with E-state index in [0.29, 0.717) is 11.1 Å². The lowest BCUT2D eigenvalue weighted by molar-refractivity contribution is 0.104. The number of carbonyl (C=O) groups excluding carboxylic acids is 1. The molecule has 0 atom stereocenters. The maximum absolute atomic E-state index is 14.3. The first-order valence-corrected chi connectivity index (χ1v) is 8.46. The highest BCUT2D eigenvalue weighted by Crippen LogP contribution is 2.48. The van der Waals surface area contributed by atoms with Crippen molar-refractivity contribution in [3.05, 3.63) is 69.2 Å². The van der Waals surface area contributed by atoms with Crippen LogP contribution in [0.25, 0.3) is 5.57 Å². The third-order valence-electron chi connectivity index (χ3n) is 3.29. The summed E-state index contributed by atoms with van der Waals surface area (Å²) in [6.45, 7) is 1.51. The predicted molar refractivity (Wildman–Crippen MR) is 86.6 cm³/mol. The van der Waals surface area contributed by atoms with Gasteiger partial charge in [-0.1, -0.05) is 6.07 Å². The van der Waals surface area contributed by atoms with E-state index < -0.39 is 23.0 Å². The van der Waals surface area contributed by atoms with Crippen molar-refractivity contribution in [3.63, 3.8) is 0 Å². The Bertz CT molecular complexity index is 769. The van der Waals surface area contributed by atoms with Gasteiger partial charge in [-0.15, -0.1) is 23.5 Å². The number of Topliss-reactive ketones (excluding diaryl/α,β-unsaturated/α-hetero) is 1. The standard InChI is InChI=1S/C16H11F2NOS2/c1-9-2-3-11(17)13(14(9)18)15(20)12(16-21-8-22-16)10-4-6-19-7-5-10/h2-7H,8H2,1H3. The number of aryl methyl sites for hydroxylation is 1. The molecular formula is C16H11F2NOS2. The molecule has 6 heteroatoms. The molecule has 0 spiro atoms. The average Bonchev–Trinajstić information content (AvgIpc) is 2.47. The van der Waals surface area contributed by atoms with Crippen LogP contribution in [0.15, 0.2) is 40.9 Å². The van der Waals surface area contributed by atoms with Crippen LogP contribution in [0.4, 0.5) is 8.78 Å². The summed E-state index contributed by atoms with van der Waals surface area (Å²) in [5, 5.41) is 0.829. The van der Waals surface area contributed by atoms with Crippen molar-refractivity contribution < 1.29 is 13.6 Å². The molecule has 1 aliphatic heterocycles. The molecule has 1 fully saturated rings.